The largest absolute Gasteiger partial charge is 0.435 e. The number of likely N-dealkylation sites (tertiary alicyclic amines) is 1. The highest BCUT2D eigenvalue weighted by atomic mass is 19.3. The van der Waals surface area contributed by atoms with Gasteiger partial charge in [0, 0.05) is 6.04 Å². The third-order valence-corrected chi connectivity index (χ3v) is 3.89. The van der Waals surface area contributed by atoms with Gasteiger partial charge in [-0.25, -0.2) is 0 Å². The second-order valence-corrected chi connectivity index (χ2v) is 5.33. The number of hydrogen-bond acceptors (Lipinski definition) is 6. The number of aliphatic hydroxyl groups is 1. The zero-order valence-electron chi connectivity index (χ0n) is 12.3. The van der Waals surface area contributed by atoms with E-state index >= 15 is 0 Å². The van der Waals surface area contributed by atoms with Crippen molar-refractivity contribution in [2.24, 2.45) is 0 Å². The van der Waals surface area contributed by atoms with Crippen LogP contribution in [0.25, 0.3) is 5.69 Å². The first kappa shape index (κ1) is 15.8. The van der Waals surface area contributed by atoms with Gasteiger partial charge in [-0.2, -0.15) is 13.5 Å². The molecule has 1 unspecified atom stereocenters. The Bertz CT molecular complexity index is 634. The van der Waals surface area contributed by atoms with Crippen LogP contribution in [-0.2, 0) is 6.54 Å². The Hall–Kier alpha value is -2.13. The van der Waals surface area contributed by atoms with Crippen molar-refractivity contribution in [3.05, 3.63) is 30.1 Å². The van der Waals surface area contributed by atoms with Crippen molar-refractivity contribution >= 4 is 0 Å². The van der Waals surface area contributed by atoms with Crippen molar-refractivity contribution < 1.29 is 18.6 Å². The smallest absolute Gasteiger partial charge is 0.387 e. The number of ether oxygens (including phenoxy) is 1. The Balaban J connectivity index is 1.75. The maximum Gasteiger partial charge on any atom is 0.387 e. The molecule has 0 amide bonds. The van der Waals surface area contributed by atoms with E-state index in [0.29, 0.717) is 18.1 Å². The highest BCUT2D eigenvalue weighted by Gasteiger charge is 2.25. The summed E-state index contributed by atoms with van der Waals surface area (Å²) in [6.07, 6.45) is 1.99. The highest BCUT2D eigenvalue weighted by molar-refractivity contribution is 5.37. The standard InChI is InChI=1S/C14H17F2N5O2/c15-14(16)23-12-5-3-10(4-6-12)21-13(17-18-19-21)8-20-7-1-2-11(20)9-22/h3-6,11,14,22H,1-2,7-9H2. The van der Waals surface area contributed by atoms with Gasteiger partial charge >= 0.3 is 6.61 Å². The van der Waals surface area contributed by atoms with Gasteiger partial charge in [-0.05, 0) is 54.1 Å². The Labute approximate surface area is 131 Å². The van der Waals surface area contributed by atoms with Gasteiger partial charge in [0.25, 0.3) is 0 Å². The molecule has 9 heteroatoms. The molecule has 1 aromatic carbocycles. The van der Waals surface area contributed by atoms with Crippen LogP contribution in [0.4, 0.5) is 8.78 Å². The predicted molar refractivity (Wildman–Crippen MR) is 76.3 cm³/mol. The Morgan fingerprint density at radius 3 is 2.78 bits per heavy atom. The number of aromatic nitrogens is 4. The number of tetrazole rings is 1. The van der Waals surface area contributed by atoms with Gasteiger partial charge in [0.05, 0.1) is 18.8 Å². The van der Waals surface area contributed by atoms with Crippen LogP contribution in [0.3, 0.4) is 0 Å². The van der Waals surface area contributed by atoms with Crippen molar-refractivity contribution in [3.63, 3.8) is 0 Å². The molecule has 1 N–H and O–H groups in total. The molecule has 7 nitrogen and oxygen atoms in total. The third-order valence-electron chi connectivity index (χ3n) is 3.89. The van der Waals surface area contributed by atoms with Crippen LogP contribution < -0.4 is 4.74 Å². The van der Waals surface area contributed by atoms with Gasteiger partial charge in [-0.15, -0.1) is 5.10 Å². The van der Waals surface area contributed by atoms with Crippen molar-refractivity contribution in [2.75, 3.05) is 13.2 Å². The fourth-order valence-corrected chi connectivity index (χ4v) is 2.77. The van der Waals surface area contributed by atoms with Crippen molar-refractivity contribution in [3.8, 4) is 11.4 Å². The monoisotopic (exact) mass is 325 g/mol. The Kier molecular flexibility index (Phi) is 4.77. The lowest BCUT2D eigenvalue weighted by molar-refractivity contribution is -0.0498. The van der Waals surface area contributed by atoms with E-state index in [1.165, 1.54) is 12.1 Å². The molecule has 0 spiro atoms. The summed E-state index contributed by atoms with van der Waals surface area (Å²) in [7, 11) is 0. The normalized spacial score (nSPS) is 18.7. The Morgan fingerprint density at radius 2 is 2.09 bits per heavy atom. The van der Waals surface area contributed by atoms with Crippen LogP contribution in [0.2, 0.25) is 0 Å². The number of rotatable bonds is 6. The molecular weight excluding hydrogens is 308 g/mol. The SMILES string of the molecule is OCC1CCCN1Cc1nnnn1-c1ccc(OC(F)F)cc1. The summed E-state index contributed by atoms with van der Waals surface area (Å²) in [5, 5.41) is 21.0. The van der Waals surface area contributed by atoms with E-state index in [0.717, 1.165) is 19.4 Å². The maximum atomic E-state index is 12.2. The highest BCUT2D eigenvalue weighted by Crippen LogP contribution is 2.21. The number of aliphatic hydroxyl groups excluding tert-OH is 1. The van der Waals surface area contributed by atoms with Crippen LogP contribution in [0, 0.1) is 0 Å². The summed E-state index contributed by atoms with van der Waals surface area (Å²) in [6, 6.07) is 6.25. The van der Waals surface area contributed by atoms with Crippen molar-refractivity contribution in [1.29, 1.82) is 0 Å². The third kappa shape index (κ3) is 3.62. The minimum absolute atomic E-state index is 0.0817. The van der Waals surface area contributed by atoms with E-state index in [4.69, 9.17) is 0 Å². The number of benzene rings is 1. The first-order chi connectivity index (χ1) is 11.2. The van der Waals surface area contributed by atoms with Gasteiger partial charge in [0.1, 0.15) is 5.75 Å². The van der Waals surface area contributed by atoms with E-state index < -0.39 is 6.61 Å². The molecule has 3 rings (SSSR count). The molecule has 0 saturated carbocycles. The molecule has 1 aliphatic heterocycles. The minimum atomic E-state index is -2.85. The van der Waals surface area contributed by atoms with E-state index in [9.17, 15) is 13.9 Å². The fraction of sp³-hybridized carbons (Fsp3) is 0.500. The second-order valence-electron chi connectivity index (χ2n) is 5.33. The molecule has 23 heavy (non-hydrogen) atoms. The zero-order chi connectivity index (χ0) is 16.2. The molecule has 0 radical (unpaired) electrons. The van der Waals surface area contributed by atoms with Gasteiger partial charge in [-0.3, -0.25) is 4.90 Å². The molecule has 1 saturated heterocycles. The predicted octanol–water partition coefficient (Wildman–Crippen LogP) is 1.22. The van der Waals surface area contributed by atoms with Gasteiger partial charge in [0.2, 0.25) is 0 Å². The van der Waals surface area contributed by atoms with E-state index in [-0.39, 0.29) is 18.4 Å². The van der Waals surface area contributed by atoms with Crippen LogP contribution in [0.15, 0.2) is 24.3 Å². The summed E-state index contributed by atoms with van der Waals surface area (Å²) in [4.78, 5) is 2.14. The average Bonchev–Trinajstić information content (AvgIpc) is 3.17. The van der Waals surface area contributed by atoms with Crippen LogP contribution >= 0.6 is 0 Å². The molecule has 0 bridgehead atoms. The average molecular weight is 325 g/mol. The van der Waals surface area contributed by atoms with Crippen LogP contribution in [0.5, 0.6) is 5.75 Å². The lowest BCUT2D eigenvalue weighted by atomic mass is 10.2. The summed E-state index contributed by atoms with van der Waals surface area (Å²) >= 11 is 0. The van der Waals surface area contributed by atoms with E-state index in [1.807, 2.05) is 0 Å². The van der Waals surface area contributed by atoms with E-state index in [1.54, 1.807) is 16.8 Å². The Morgan fingerprint density at radius 1 is 1.30 bits per heavy atom. The molecular formula is C14H17F2N5O2. The first-order valence-electron chi connectivity index (χ1n) is 7.35. The lowest BCUT2D eigenvalue weighted by Gasteiger charge is -2.21. The molecule has 2 heterocycles. The quantitative estimate of drug-likeness (QED) is 0.861. The van der Waals surface area contributed by atoms with Gasteiger partial charge < -0.3 is 9.84 Å². The second kappa shape index (κ2) is 6.97. The summed E-state index contributed by atoms with van der Waals surface area (Å²) < 4.78 is 30.2. The summed E-state index contributed by atoms with van der Waals surface area (Å²) in [6.45, 7) is -1.33. The number of alkyl halides is 2. The molecule has 1 aromatic heterocycles. The van der Waals surface area contributed by atoms with Crippen molar-refractivity contribution in [1.82, 2.24) is 25.1 Å². The topological polar surface area (TPSA) is 76.3 Å². The molecule has 1 aliphatic rings. The van der Waals surface area contributed by atoms with Gasteiger partial charge in [0.15, 0.2) is 5.82 Å². The van der Waals surface area contributed by atoms with Crippen molar-refractivity contribution in [2.45, 2.75) is 32.0 Å². The zero-order valence-corrected chi connectivity index (χ0v) is 12.3. The number of halogens is 2. The fourth-order valence-electron chi connectivity index (χ4n) is 2.77. The summed E-state index contributed by atoms with van der Waals surface area (Å²) in [5.74, 6) is 0.714. The molecule has 0 aliphatic carbocycles. The molecule has 124 valence electrons. The first-order valence-corrected chi connectivity index (χ1v) is 7.35. The van der Waals surface area contributed by atoms with E-state index in [2.05, 4.69) is 25.2 Å². The summed E-state index contributed by atoms with van der Waals surface area (Å²) in [5.41, 5.74) is 0.659. The molecule has 1 atom stereocenters. The number of hydrogen-bond donors (Lipinski definition) is 1. The van der Waals surface area contributed by atoms with Gasteiger partial charge in [-0.1, -0.05) is 0 Å². The molecule has 1 fully saturated rings. The molecule has 2 aromatic rings. The van der Waals surface area contributed by atoms with Crippen LogP contribution in [0.1, 0.15) is 18.7 Å². The maximum absolute atomic E-state index is 12.2. The number of nitrogens with zero attached hydrogens (tertiary/aromatic N) is 5. The van der Waals surface area contributed by atoms with Crippen LogP contribution in [-0.4, -0.2) is 56.0 Å². The minimum Gasteiger partial charge on any atom is -0.435 e. The lowest BCUT2D eigenvalue weighted by Crippen LogP contribution is -2.32.